The first-order valence-electron chi connectivity index (χ1n) is 6.78. The molecule has 0 aromatic heterocycles. The predicted molar refractivity (Wildman–Crippen MR) is 83.2 cm³/mol. The fraction of sp³-hybridized carbons (Fsp3) is 0.111. The molecule has 4 heteroatoms. The third kappa shape index (κ3) is 2.19. The monoisotopic (exact) mass is 294 g/mol. The highest BCUT2D eigenvalue weighted by Gasteiger charge is 2.32. The molecule has 0 fully saturated rings. The minimum atomic E-state index is -0.494. The van der Waals surface area contributed by atoms with Gasteiger partial charge in [-0.25, -0.2) is 0 Å². The first-order valence-corrected chi connectivity index (χ1v) is 6.78. The van der Waals surface area contributed by atoms with E-state index in [0.29, 0.717) is 33.8 Å². The number of hydrogen-bond donors (Lipinski definition) is 0. The van der Waals surface area contributed by atoms with Gasteiger partial charge in [0.15, 0.2) is 0 Å². The number of ether oxygens (including phenoxy) is 2. The fourth-order valence-corrected chi connectivity index (χ4v) is 2.53. The zero-order valence-electron chi connectivity index (χ0n) is 12.3. The van der Waals surface area contributed by atoms with Crippen molar-refractivity contribution in [2.45, 2.75) is 0 Å². The average Bonchev–Trinajstić information content (AvgIpc) is 2.80. The topological polar surface area (TPSA) is 52.6 Å². The summed E-state index contributed by atoms with van der Waals surface area (Å²) in [6.45, 7) is 0. The maximum atomic E-state index is 12.2. The molecule has 1 aliphatic carbocycles. The number of allylic oxidation sites excluding steroid dienone is 1. The molecule has 0 N–H and O–H groups in total. The van der Waals surface area contributed by atoms with Gasteiger partial charge in [0.25, 0.3) is 0 Å². The molecule has 3 rings (SSSR count). The molecule has 2 aromatic carbocycles. The van der Waals surface area contributed by atoms with Crippen LogP contribution in [-0.2, 0) is 4.79 Å². The summed E-state index contributed by atoms with van der Waals surface area (Å²) in [5, 5.41) is 0. The molecule has 0 radical (unpaired) electrons. The Kier molecular flexibility index (Phi) is 3.51. The van der Waals surface area contributed by atoms with Gasteiger partial charge in [-0.1, -0.05) is 24.3 Å². The number of Topliss-reactive ketones (excluding diaryl/α,β-unsaturated/α-hetero) is 2. The van der Waals surface area contributed by atoms with E-state index in [9.17, 15) is 9.59 Å². The third-order valence-electron chi connectivity index (χ3n) is 3.65. The second kappa shape index (κ2) is 5.48. The van der Waals surface area contributed by atoms with Gasteiger partial charge >= 0.3 is 0 Å². The lowest BCUT2D eigenvalue weighted by molar-refractivity contribution is -0.109. The van der Waals surface area contributed by atoms with E-state index in [2.05, 4.69) is 0 Å². The highest BCUT2D eigenvalue weighted by molar-refractivity contribution is 6.64. The van der Waals surface area contributed by atoms with E-state index in [1.807, 2.05) is 0 Å². The maximum absolute atomic E-state index is 12.2. The van der Waals surface area contributed by atoms with Gasteiger partial charge in [-0.3, -0.25) is 9.59 Å². The second-order valence-electron chi connectivity index (χ2n) is 4.87. The van der Waals surface area contributed by atoms with E-state index >= 15 is 0 Å². The molecule has 0 spiro atoms. The number of ketones is 2. The molecule has 110 valence electrons. The Labute approximate surface area is 128 Å². The van der Waals surface area contributed by atoms with Crippen LogP contribution < -0.4 is 9.47 Å². The molecule has 0 bridgehead atoms. The lowest BCUT2D eigenvalue weighted by Gasteiger charge is -2.08. The minimum absolute atomic E-state index is 0.382. The largest absolute Gasteiger partial charge is 0.497 e. The van der Waals surface area contributed by atoms with E-state index in [4.69, 9.17) is 9.47 Å². The highest BCUT2D eigenvalue weighted by atomic mass is 16.5. The molecule has 2 aromatic rings. The molecule has 1 aliphatic rings. The Morgan fingerprint density at radius 3 is 2.27 bits per heavy atom. The Morgan fingerprint density at radius 2 is 1.59 bits per heavy atom. The summed E-state index contributed by atoms with van der Waals surface area (Å²) >= 11 is 0. The molecule has 0 atom stereocenters. The number of hydrogen-bond acceptors (Lipinski definition) is 4. The second-order valence-corrected chi connectivity index (χ2v) is 4.87. The summed E-state index contributed by atoms with van der Waals surface area (Å²) in [6, 6.07) is 12.3. The molecule has 0 unspecified atom stereocenters. The smallest absolute Gasteiger partial charge is 0.234 e. The van der Waals surface area contributed by atoms with Crippen molar-refractivity contribution in [1.82, 2.24) is 0 Å². The fourth-order valence-electron chi connectivity index (χ4n) is 2.53. The zero-order chi connectivity index (χ0) is 15.7. The van der Waals surface area contributed by atoms with Crippen molar-refractivity contribution < 1.29 is 19.1 Å². The van der Waals surface area contributed by atoms with Gasteiger partial charge in [-0.2, -0.15) is 0 Å². The standard InChI is InChI=1S/C18H14O4/c1-21-12-7-8-16(22-2)11(9-12)10-15-13-5-3-4-6-14(13)17(19)18(15)20/h3-10H,1-2H3/b15-10-. The van der Waals surface area contributed by atoms with Crippen molar-refractivity contribution in [3.05, 3.63) is 59.2 Å². The van der Waals surface area contributed by atoms with E-state index in [0.717, 1.165) is 0 Å². The maximum Gasteiger partial charge on any atom is 0.234 e. The van der Waals surface area contributed by atoms with Gasteiger partial charge in [-0.15, -0.1) is 0 Å². The van der Waals surface area contributed by atoms with Crippen molar-refractivity contribution in [3.63, 3.8) is 0 Å². The lowest BCUT2D eigenvalue weighted by atomic mass is 10.0. The Morgan fingerprint density at radius 1 is 0.864 bits per heavy atom. The quantitative estimate of drug-likeness (QED) is 0.645. The summed E-state index contributed by atoms with van der Waals surface area (Å²) in [4.78, 5) is 24.3. The molecule has 4 nitrogen and oxygen atoms in total. The number of methoxy groups -OCH3 is 2. The van der Waals surface area contributed by atoms with Crippen LogP contribution in [0.5, 0.6) is 11.5 Å². The van der Waals surface area contributed by atoms with E-state index in [-0.39, 0.29) is 0 Å². The number of fused-ring (bicyclic) bond motifs is 1. The molecular formula is C18H14O4. The molecule has 0 saturated carbocycles. The van der Waals surface area contributed by atoms with Crippen molar-refractivity contribution >= 4 is 23.2 Å². The van der Waals surface area contributed by atoms with Crippen LogP contribution in [0.15, 0.2) is 42.5 Å². The van der Waals surface area contributed by atoms with Crippen molar-refractivity contribution in [2.24, 2.45) is 0 Å². The van der Waals surface area contributed by atoms with Gasteiger partial charge in [-0.05, 0) is 29.8 Å². The van der Waals surface area contributed by atoms with Gasteiger partial charge in [0, 0.05) is 16.7 Å². The average molecular weight is 294 g/mol. The SMILES string of the molecule is COc1ccc(OC)c(/C=C2\C(=O)C(=O)c3ccccc32)c1. The first kappa shape index (κ1) is 14.1. The lowest BCUT2D eigenvalue weighted by Crippen LogP contribution is -2.05. The van der Waals surface area contributed by atoms with E-state index in [1.54, 1.807) is 62.8 Å². The molecule has 0 amide bonds. The number of rotatable bonds is 3. The van der Waals surface area contributed by atoms with Gasteiger partial charge < -0.3 is 9.47 Å². The van der Waals surface area contributed by atoms with Crippen LogP contribution in [0.4, 0.5) is 0 Å². The van der Waals surface area contributed by atoms with Crippen molar-refractivity contribution in [2.75, 3.05) is 14.2 Å². The van der Waals surface area contributed by atoms with E-state index in [1.165, 1.54) is 0 Å². The Hall–Kier alpha value is -2.88. The van der Waals surface area contributed by atoms with Crippen LogP contribution in [0.25, 0.3) is 11.6 Å². The minimum Gasteiger partial charge on any atom is -0.497 e. The van der Waals surface area contributed by atoms with E-state index < -0.39 is 11.6 Å². The summed E-state index contributed by atoms with van der Waals surface area (Å²) in [7, 11) is 3.12. The van der Waals surface area contributed by atoms with Crippen LogP contribution in [-0.4, -0.2) is 25.8 Å². The Balaban J connectivity index is 2.17. The zero-order valence-corrected chi connectivity index (χ0v) is 12.3. The van der Waals surface area contributed by atoms with Crippen LogP contribution >= 0.6 is 0 Å². The number of carbonyl (C=O) groups excluding carboxylic acids is 2. The van der Waals surface area contributed by atoms with Crippen LogP contribution in [0.1, 0.15) is 21.5 Å². The van der Waals surface area contributed by atoms with Gasteiger partial charge in [0.1, 0.15) is 11.5 Å². The molecule has 0 saturated heterocycles. The predicted octanol–water partition coefficient (Wildman–Crippen LogP) is 3.01. The van der Waals surface area contributed by atoms with Crippen molar-refractivity contribution in [3.8, 4) is 11.5 Å². The Bertz CT molecular complexity index is 802. The van der Waals surface area contributed by atoms with Gasteiger partial charge in [0.2, 0.25) is 11.6 Å². The van der Waals surface area contributed by atoms with Crippen LogP contribution in [0.2, 0.25) is 0 Å². The summed E-state index contributed by atoms with van der Waals surface area (Å²) < 4.78 is 10.5. The first-order chi connectivity index (χ1) is 10.7. The normalized spacial score (nSPS) is 15.1. The molecule has 0 heterocycles. The summed E-state index contributed by atoms with van der Waals surface area (Å²) in [5.74, 6) is 0.297. The molecule has 22 heavy (non-hydrogen) atoms. The molecule has 0 aliphatic heterocycles. The highest BCUT2D eigenvalue weighted by Crippen LogP contribution is 2.34. The summed E-state index contributed by atoms with van der Waals surface area (Å²) in [5.41, 5.74) is 2.17. The van der Waals surface area contributed by atoms with Crippen LogP contribution in [0.3, 0.4) is 0 Å². The number of benzene rings is 2. The van der Waals surface area contributed by atoms with Gasteiger partial charge in [0.05, 0.1) is 14.2 Å². The van der Waals surface area contributed by atoms with Crippen molar-refractivity contribution in [1.29, 1.82) is 0 Å². The third-order valence-corrected chi connectivity index (χ3v) is 3.65. The molecular weight excluding hydrogens is 280 g/mol. The number of carbonyl (C=O) groups is 2. The summed E-state index contributed by atoms with van der Waals surface area (Å²) in [6.07, 6.45) is 1.67. The van der Waals surface area contributed by atoms with Crippen LogP contribution in [0, 0.1) is 0 Å².